The van der Waals surface area contributed by atoms with Crippen LogP contribution in [0, 0.1) is 6.92 Å². The number of thiophene rings is 1. The Morgan fingerprint density at radius 1 is 1.22 bits per heavy atom. The monoisotopic (exact) mass is 333 g/mol. The first kappa shape index (κ1) is 16.7. The second-order valence-electron chi connectivity index (χ2n) is 6.67. The molecule has 1 N–H and O–H groups in total. The molecule has 0 saturated heterocycles. The van der Waals surface area contributed by atoms with Gasteiger partial charge < -0.3 is 9.52 Å². The van der Waals surface area contributed by atoms with Gasteiger partial charge in [-0.1, -0.05) is 13.8 Å². The largest absolute Gasteiger partial charge is 0.462 e. The topological polar surface area (TPSA) is 36.6 Å². The van der Waals surface area contributed by atoms with E-state index in [-0.39, 0.29) is 0 Å². The molecule has 1 saturated carbocycles. The van der Waals surface area contributed by atoms with Gasteiger partial charge in [0.1, 0.15) is 17.1 Å². The number of furan rings is 1. The van der Waals surface area contributed by atoms with Crippen molar-refractivity contribution in [3.05, 3.63) is 45.5 Å². The van der Waals surface area contributed by atoms with Crippen molar-refractivity contribution in [2.45, 2.75) is 71.2 Å². The van der Waals surface area contributed by atoms with Crippen LogP contribution in [0.5, 0.6) is 0 Å². The first-order valence-electron chi connectivity index (χ1n) is 8.64. The van der Waals surface area contributed by atoms with Crippen LogP contribution in [0.3, 0.4) is 0 Å². The van der Waals surface area contributed by atoms with Crippen LogP contribution in [0.2, 0.25) is 0 Å². The molecule has 1 fully saturated rings. The van der Waals surface area contributed by atoms with Gasteiger partial charge in [-0.15, -0.1) is 11.3 Å². The normalized spacial score (nSPS) is 15.5. The van der Waals surface area contributed by atoms with E-state index in [4.69, 9.17) is 4.42 Å². The highest BCUT2D eigenvalue weighted by Gasteiger charge is 2.32. The highest BCUT2D eigenvalue weighted by Crippen LogP contribution is 2.34. The van der Waals surface area contributed by atoms with Crippen molar-refractivity contribution in [1.82, 2.24) is 4.90 Å². The van der Waals surface area contributed by atoms with Gasteiger partial charge in [0.2, 0.25) is 0 Å². The van der Waals surface area contributed by atoms with Gasteiger partial charge in [0.25, 0.3) is 0 Å². The standard InChI is InChI=1S/C19H27NO2S/c1-4-19(21,5-2)18-9-8-16(22-18)12-20(15-6-7-15)13-17-14(3)10-11-23-17/h8-11,15,21H,4-7,12-13H2,1-3H3. The smallest absolute Gasteiger partial charge is 0.135 e. The molecule has 126 valence electrons. The maximum Gasteiger partial charge on any atom is 0.135 e. The number of aliphatic hydroxyl groups is 1. The fourth-order valence-electron chi connectivity index (χ4n) is 3.02. The summed E-state index contributed by atoms with van der Waals surface area (Å²) in [6, 6.07) is 6.85. The Kier molecular flexibility index (Phi) is 4.95. The minimum atomic E-state index is -0.826. The Morgan fingerprint density at radius 3 is 2.52 bits per heavy atom. The molecule has 3 nitrogen and oxygen atoms in total. The average Bonchev–Trinajstić information content (AvgIpc) is 3.17. The minimum absolute atomic E-state index is 0.678. The number of hydrogen-bond acceptors (Lipinski definition) is 4. The van der Waals surface area contributed by atoms with Gasteiger partial charge in [-0.25, -0.2) is 0 Å². The summed E-state index contributed by atoms with van der Waals surface area (Å²) in [6.07, 6.45) is 3.92. The van der Waals surface area contributed by atoms with Gasteiger partial charge >= 0.3 is 0 Å². The van der Waals surface area contributed by atoms with Gasteiger partial charge in [0, 0.05) is 17.5 Å². The zero-order chi connectivity index (χ0) is 16.4. The Hall–Kier alpha value is -1.10. The third kappa shape index (κ3) is 3.70. The summed E-state index contributed by atoms with van der Waals surface area (Å²) in [6.45, 7) is 8.01. The fourth-order valence-corrected chi connectivity index (χ4v) is 3.95. The lowest BCUT2D eigenvalue weighted by atomic mass is 9.95. The predicted molar refractivity (Wildman–Crippen MR) is 94.5 cm³/mol. The Balaban J connectivity index is 1.71. The predicted octanol–water partition coefficient (Wildman–Crippen LogP) is 4.82. The second-order valence-corrected chi connectivity index (χ2v) is 7.67. The first-order valence-corrected chi connectivity index (χ1v) is 9.52. The van der Waals surface area contributed by atoms with Crippen LogP contribution in [0.4, 0.5) is 0 Å². The summed E-state index contributed by atoms with van der Waals surface area (Å²) >= 11 is 1.84. The van der Waals surface area contributed by atoms with Gasteiger partial charge in [-0.3, -0.25) is 4.90 Å². The van der Waals surface area contributed by atoms with Crippen molar-refractivity contribution < 1.29 is 9.52 Å². The maximum absolute atomic E-state index is 10.6. The number of aryl methyl sites for hydroxylation is 1. The van der Waals surface area contributed by atoms with Crippen LogP contribution < -0.4 is 0 Å². The number of rotatable bonds is 8. The number of nitrogens with zero attached hydrogens (tertiary/aromatic N) is 1. The van der Waals surface area contributed by atoms with Crippen molar-refractivity contribution in [2.75, 3.05) is 0 Å². The molecule has 2 aromatic rings. The van der Waals surface area contributed by atoms with Crippen molar-refractivity contribution in [1.29, 1.82) is 0 Å². The molecule has 23 heavy (non-hydrogen) atoms. The van der Waals surface area contributed by atoms with E-state index in [1.54, 1.807) is 0 Å². The van der Waals surface area contributed by atoms with E-state index < -0.39 is 5.60 Å². The zero-order valence-corrected chi connectivity index (χ0v) is 15.2. The highest BCUT2D eigenvalue weighted by atomic mass is 32.1. The molecule has 2 heterocycles. The molecule has 0 amide bonds. The van der Waals surface area contributed by atoms with E-state index in [0.717, 1.165) is 18.8 Å². The second kappa shape index (κ2) is 6.80. The molecular weight excluding hydrogens is 306 g/mol. The molecule has 0 spiro atoms. The van der Waals surface area contributed by atoms with Crippen molar-refractivity contribution in [2.24, 2.45) is 0 Å². The quantitative estimate of drug-likeness (QED) is 0.752. The molecule has 0 aliphatic heterocycles. The van der Waals surface area contributed by atoms with Gasteiger partial charge in [-0.2, -0.15) is 0 Å². The molecule has 0 aromatic carbocycles. The third-order valence-corrected chi connectivity index (χ3v) is 6.03. The van der Waals surface area contributed by atoms with Gasteiger partial charge in [0.15, 0.2) is 0 Å². The molecule has 1 aliphatic carbocycles. The summed E-state index contributed by atoms with van der Waals surface area (Å²) in [7, 11) is 0. The maximum atomic E-state index is 10.6. The van der Waals surface area contributed by atoms with Crippen LogP contribution in [0.1, 0.15) is 61.5 Å². The van der Waals surface area contributed by atoms with Crippen LogP contribution >= 0.6 is 11.3 Å². The number of hydrogen-bond donors (Lipinski definition) is 1. The molecule has 0 bridgehead atoms. The summed E-state index contributed by atoms with van der Waals surface area (Å²) in [5.74, 6) is 1.67. The summed E-state index contributed by atoms with van der Waals surface area (Å²) in [5.41, 5.74) is 0.555. The van der Waals surface area contributed by atoms with Crippen LogP contribution in [-0.2, 0) is 18.7 Å². The molecule has 3 rings (SSSR count). The van der Waals surface area contributed by atoms with Crippen LogP contribution in [-0.4, -0.2) is 16.0 Å². The fraction of sp³-hybridized carbons (Fsp3) is 0.579. The Morgan fingerprint density at radius 2 is 1.96 bits per heavy atom. The van der Waals surface area contributed by atoms with Crippen LogP contribution in [0.15, 0.2) is 28.0 Å². The average molecular weight is 333 g/mol. The summed E-state index contributed by atoms with van der Waals surface area (Å²) in [5, 5.41) is 12.8. The summed E-state index contributed by atoms with van der Waals surface area (Å²) in [4.78, 5) is 3.96. The molecule has 4 heteroatoms. The van der Waals surface area contributed by atoms with E-state index >= 15 is 0 Å². The lowest BCUT2D eigenvalue weighted by molar-refractivity contribution is 0.00515. The first-order chi connectivity index (χ1) is 11.1. The molecule has 2 aromatic heterocycles. The lowest BCUT2D eigenvalue weighted by Gasteiger charge is -2.23. The van der Waals surface area contributed by atoms with E-state index in [0.29, 0.717) is 24.6 Å². The van der Waals surface area contributed by atoms with E-state index in [2.05, 4.69) is 23.3 Å². The van der Waals surface area contributed by atoms with E-state index in [1.165, 1.54) is 23.3 Å². The lowest BCUT2D eigenvalue weighted by Crippen LogP contribution is -2.25. The van der Waals surface area contributed by atoms with Gasteiger partial charge in [0.05, 0.1) is 6.54 Å². The molecule has 1 aliphatic rings. The Bertz CT molecular complexity index is 637. The van der Waals surface area contributed by atoms with E-state index in [1.807, 2.05) is 37.3 Å². The molecule has 0 radical (unpaired) electrons. The minimum Gasteiger partial charge on any atom is -0.462 e. The highest BCUT2D eigenvalue weighted by molar-refractivity contribution is 7.10. The molecule has 0 atom stereocenters. The van der Waals surface area contributed by atoms with Gasteiger partial charge in [-0.05, 0) is 61.7 Å². The van der Waals surface area contributed by atoms with E-state index in [9.17, 15) is 5.11 Å². The molecule has 0 unspecified atom stereocenters. The summed E-state index contributed by atoms with van der Waals surface area (Å²) < 4.78 is 6.00. The van der Waals surface area contributed by atoms with Crippen molar-refractivity contribution >= 4 is 11.3 Å². The van der Waals surface area contributed by atoms with Crippen LogP contribution in [0.25, 0.3) is 0 Å². The zero-order valence-electron chi connectivity index (χ0n) is 14.3. The van der Waals surface area contributed by atoms with Crippen molar-refractivity contribution in [3.63, 3.8) is 0 Å². The van der Waals surface area contributed by atoms with Crippen molar-refractivity contribution in [3.8, 4) is 0 Å². The molecular formula is C19H27NO2S. The Labute approximate surface area is 142 Å². The SMILES string of the molecule is CCC(O)(CC)c1ccc(CN(Cc2sccc2C)C2CC2)o1. The third-order valence-electron chi connectivity index (χ3n) is 5.03.